The van der Waals surface area contributed by atoms with Gasteiger partial charge in [-0.2, -0.15) is 0 Å². The second-order valence-corrected chi connectivity index (χ2v) is 7.77. The number of aromatic nitrogens is 3. The molecule has 2 atom stereocenters. The lowest BCUT2D eigenvalue weighted by Crippen LogP contribution is -2.47. The van der Waals surface area contributed by atoms with Crippen molar-refractivity contribution in [2.24, 2.45) is 0 Å². The molecule has 3 aromatic rings. The molecule has 5 heterocycles. The summed E-state index contributed by atoms with van der Waals surface area (Å²) in [7, 11) is 0. The number of morpholine rings is 1. The number of carboxylic acids is 1. The standard InChI is InChI=1S/C18H16FN5O4S/c19-11-5-9-14(25)10(17(26)27)6-24(18-21-2-4-29-18)15(9)22-16(11)23-7-12-13(8-23)28-3-1-20-12/h2,4-6,12-13,20H,1,3,7-8H2,(H,26,27)/t12-,13-/m0/s1. The van der Waals surface area contributed by atoms with Gasteiger partial charge in [0, 0.05) is 37.4 Å². The monoisotopic (exact) mass is 417 g/mol. The van der Waals surface area contributed by atoms with Gasteiger partial charge < -0.3 is 20.1 Å². The van der Waals surface area contributed by atoms with Crippen molar-refractivity contribution in [3.63, 3.8) is 0 Å². The lowest BCUT2D eigenvalue weighted by molar-refractivity contribution is 0.0212. The van der Waals surface area contributed by atoms with Crippen LogP contribution in [0.15, 0.2) is 28.6 Å². The van der Waals surface area contributed by atoms with Crippen LogP contribution in [0.4, 0.5) is 10.2 Å². The topological polar surface area (TPSA) is 110 Å². The maximum atomic E-state index is 15.0. The van der Waals surface area contributed by atoms with Gasteiger partial charge in [0.25, 0.3) is 0 Å². The minimum Gasteiger partial charge on any atom is -0.477 e. The molecule has 0 unspecified atom stereocenters. The van der Waals surface area contributed by atoms with Crippen LogP contribution in [0.25, 0.3) is 16.2 Å². The number of nitrogens with one attached hydrogen (secondary N) is 1. The van der Waals surface area contributed by atoms with Crippen molar-refractivity contribution >= 4 is 34.2 Å². The molecule has 29 heavy (non-hydrogen) atoms. The Morgan fingerprint density at radius 1 is 1.41 bits per heavy atom. The van der Waals surface area contributed by atoms with E-state index >= 15 is 0 Å². The lowest BCUT2D eigenvalue weighted by atomic mass is 10.2. The van der Waals surface area contributed by atoms with Crippen molar-refractivity contribution in [3.8, 4) is 5.13 Å². The van der Waals surface area contributed by atoms with Gasteiger partial charge in [-0.3, -0.25) is 9.36 Å². The molecule has 2 fully saturated rings. The summed E-state index contributed by atoms with van der Waals surface area (Å²) in [4.78, 5) is 34.5. The summed E-state index contributed by atoms with van der Waals surface area (Å²) in [6, 6.07) is 1.14. The zero-order chi connectivity index (χ0) is 20.1. The number of thiazole rings is 1. The number of anilines is 1. The van der Waals surface area contributed by atoms with E-state index in [1.54, 1.807) is 16.5 Å². The summed E-state index contributed by atoms with van der Waals surface area (Å²) in [5, 5.41) is 14.8. The fraction of sp³-hybridized carbons (Fsp3) is 0.333. The quantitative estimate of drug-likeness (QED) is 0.646. The molecule has 2 aliphatic rings. The highest BCUT2D eigenvalue weighted by atomic mass is 32.1. The highest BCUT2D eigenvalue weighted by Crippen LogP contribution is 2.28. The molecule has 0 amide bonds. The number of ether oxygens (including phenoxy) is 1. The number of pyridine rings is 2. The SMILES string of the molecule is O=C(O)c1cn(-c2nccs2)c2nc(N3C[C@@H]4NCCO[C@H]4C3)c(F)cc2c1=O. The van der Waals surface area contributed by atoms with Crippen LogP contribution in [0.5, 0.6) is 0 Å². The molecule has 5 rings (SSSR count). The molecule has 2 saturated heterocycles. The largest absolute Gasteiger partial charge is 0.477 e. The van der Waals surface area contributed by atoms with Gasteiger partial charge in [0.1, 0.15) is 5.56 Å². The summed E-state index contributed by atoms with van der Waals surface area (Å²) in [5.41, 5.74) is -1.08. The molecule has 0 radical (unpaired) electrons. The fourth-order valence-electron chi connectivity index (χ4n) is 3.84. The van der Waals surface area contributed by atoms with E-state index in [0.29, 0.717) is 24.8 Å². The summed E-state index contributed by atoms with van der Waals surface area (Å²) in [5.74, 6) is -1.97. The first-order valence-electron chi connectivity index (χ1n) is 9.02. The predicted molar refractivity (Wildman–Crippen MR) is 104 cm³/mol. The van der Waals surface area contributed by atoms with Crippen LogP contribution in [-0.2, 0) is 4.74 Å². The molecule has 0 spiro atoms. The van der Waals surface area contributed by atoms with Gasteiger partial charge >= 0.3 is 5.97 Å². The Labute approximate surface area is 167 Å². The van der Waals surface area contributed by atoms with Crippen LogP contribution in [0.2, 0.25) is 0 Å². The predicted octanol–water partition coefficient (Wildman–Crippen LogP) is 0.856. The molecular formula is C18H16FN5O4S. The second-order valence-electron chi connectivity index (χ2n) is 6.90. The Hall–Kier alpha value is -2.89. The molecule has 0 aliphatic carbocycles. The van der Waals surface area contributed by atoms with E-state index in [2.05, 4.69) is 15.3 Å². The third-order valence-electron chi connectivity index (χ3n) is 5.18. The Balaban J connectivity index is 1.69. The van der Waals surface area contributed by atoms with Gasteiger partial charge in [-0.1, -0.05) is 0 Å². The third kappa shape index (κ3) is 2.98. The van der Waals surface area contributed by atoms with Crippen molar-refractivity contribution in [1.29, 1.82) is 0 Å². The number of aromatic carboxylic acids is 1. The van der Waals surface area contributed by atoms with E-state index in [9.17, 15) is 19.1 Å². The average Bonchev–Trinajstić information content (AvgIpc) is 3.37. The van der Waals surface area contributed by atoms with Gasteiger partial charge in [-0.25, -0.2) is 19.2 Å². The highest BCUT2D eigenvalue weighted by molar-refractivity contribution is 7.12. The number of carboxylic acid groups (broad SMARTS) is 1. The molecule has 2 aliphatic heterocycles. The zero-order valence-corrected chi connectivity index (χ0v) is 15.9. The number of nitrogens with zero attached hydrogens (tertiary/aromatic N) is 4. The maximum absolute atomic E-state index is 15.0. The Bertz CT molecular complexity index is 1150. The lowest BCUT2D eigenvalue weighted by Gasteiger charge is -2.25. The van der Waals surface area contributed by atoms with E-state index in [1.165, 1.54) is 22.1 Å². The van der Waals surface area contributed by atoms with Gasteiger partial charge in [-0.15, -0.1) is 11.3 Å². The summed E-state index contributed by atoms with van der Waals surface area (Å²) in [6.07, 6.45) is 2.69. The Morgan fingerprint density at radius 2 is 2.28 bits per heavy atom. The van der Waals surface area contributed by atoms with Crippen molar-refractivity contribution < 1.29 is 19.0 Å². The van der Waals surface area contributed by atoms with Crippen molar-refractivity contribution in [1.82, 2.24) is 19.9 Å². The molecule has 0 saturated carbocycles. The van der Waals surface area contributed by atoms with Gasteiger partial charge in [0.2, 0.25) is 5.43 Å². The number of hydrogen-bond donors (Lipinski definition) is 2. The van der Waals surface area contributed by atoms with Crippen LogP contribution in [-0.4, -0.2) is 64.0 Å². The molecule has 9 nitrogen and oxygen atoms in total. The van der Waals surface area contributed by atoms with Crippen LogP contribution < -0.4 is 15.6 Å². The number of hydrogen-bond acceptors (Lipinski definition) is 8. The highest BCUT2D eigenvalue weighted by Gasteiger charge is 2.37. The van der Waals surface area contributed by atoms with Gasteiger partial charge in [0.15, 0.2) is 22.4 Å². The molecule has 11 heteroatoms. The van der Waals surface area contributed by atoms with Crippen LogP contribution in [0.1, 0.15) is 10.4 Å². The van der Waals surface area contributed by atoms with E-state index < -0.39 is 22.8 Å². The number of carbonyl (C=O) groups is 1. The van der Waals surface area contributed by atoms with E-state index in [0.717, 1.165) is 12.6 Å². The van der Waals surface area contributed by atoms with Gasteiger partial charge in [0.05, 0.1) is 24.1 Å². The fourth-order valence-corrected chi connectivity index (χ4v) is 4.45. The summed E-state index contributed by atoms with van der Waals surface area (Å²) < 4.78 is 22.1. The second kappa shape index (κ2) is 6.87. The smallest absolute Gasteiger partial charge is 0.341 e. The third-order valence-corrected chi connectivity index (χ3v) is 5.95. The Kier molecular flexibility index (Phi) is 4.30. The van der Waals surface area contributed by atoms with Crippen LogP contribution >= 0.6 is 11.3 Å². The summed E-state index contributed by atoms with van der Waals surface area (Å²) >= 11 is 1.26. The minimum absolute atomic E-state index is 0.0591. The first-order chi connectivity index (χ1) is 14.0. The first-order valence-corrected chi connectivity index (χ1v) is 9.90. The van der Waals surface area contributed by atoms with E-state index in [4.69, 9.17) is 4.74 Å². The summed E-state index contributed by atoms with van der Waals surface area (Å²) in [6.45, 7) is 2.34. The molecule has 150 valence electrons. The zero-order valence-electron chi connectivity index (χ0n) is 15.0. The maximum Gasteiger partial charge on any atom is 0.341 e. The van der Waals surface area contributed by atoms with Gasteiger partial charge in [-0.05, 0) is 6.07 Å². The van der Waals surface area contributed by atoms with Crippen LogP contribution in [0.3, 0.4) is 0 Å². The van der Waals surface area contributed by atoms with Crippen molar-refractivity contribution in [2.75, 3.05) is 31.1 Å². The van der Waals surface area contributed by atoms with Crippen molar-refractivity contribution in [3.05, 3.63) is 45.4 Å². The molecule has 2 N–H and O–H groups in total. The number of fused-ring (bicyclic) bond motifs is 2. The van der Waals surface area contributed by atoms with Crippen molar-refractivity contribution in [2.45, 2.75) is 12.1 Å². The molecule has 0 bridgehead atoms. The van der Waals surface area contributed by atoms with E-state index in [1.807, 2.05) is 0 Å². The average molecular weight is 417 g/mol. The minimum atomic E-state index is -1.39. The number of rotatable bonds is 3. The normalized spacial score (nSPS) is 21.5. The van der Waals surface area contributed by atoms with Crippen LogP contribution in [0, 0.1) is 5.82 Å². The molecule has 3 aromatic heterocycles. The molecular weight excluding hydrogens is 401 g/mol. The first kappa shape index (κ1) is 18.2. The van der Waals surface area contributed by atoms with E-state index in [-0.39, 0.29) is 29.0 Å². The molecule has 0 aromatic carbocycles. The Morgan fingerprint density at radius 3 is 3.00 bits per heavy atom. The number of halogens is 1.